The third-order valence-corrected chi connectivity index (χ3v) is 3.07. The van der Waals surface area contributed by atoms with Crippen LogP contribution in [0.2, 0.25) is 0 Å². The van der Waals surface area contributed by atoms with E-state index in [0.29, 0.717) is 0 Å². The maximum atomic E-state index is 11.4. The number of rotatable bonds is 5. The van der Waals surface area contributed by atoms with Crippen molar-refractivity contribution < 1.29 is 9.59 Å². The van der Waals surface area contributed by atoms with E-state index in [-0.39, 0.29) is 29.8 Å². The fourth-order valence-electron chi connectivity index (χ4n) is 1.45. The highest BCUT2D eigenvalue weighted by atomic mass is 16.1. The van der Waals surface area contributed by atoms with Crippen molar-refractivity contribution >= 4 is 11.6 Å². The van der Waals surface area contributed by atoms with Gasteiger partial charge in [0.05, 0.1) is 6.42 Å². The molecule has 0 N–H and O–H groups in total. The third kappa shape index (κ3) is 2.64. The van der Waals surface area contributed by atoms with Crippen molar-refractivity contribution in [3.05, 3.63) is 0 Å². The second-order valence-corrected chi connectivity index (χ2v) is 4.05. The summed E-state index contributed by atoms with van der Waals surface area (Å²) in [6.07, 6.45) is 4.20. The minimum Gasteiger partial charge on any atom is -0.299 e. The second kappa shape index (κ2) is 4.54. The highest BCUT2D eigenvalue weighted by Gasteiger charge is 2.27. The maximum Gasteiger partial charge on any atom is 0.143 e. The van der Waals surface area contributed by atoms with Gasteiger partial charge in [0.2, 0.25) is 0 Å². The van der Waals surface area contributed by atoms with Crippen LogP contribution in [0.25, 0.3) is 0 Å². The van der Waals surface area contributed by atoms with Crippen molar-refractivity contribution in [3.8, 4) is 0 Å². The van der Waals surface area contributed by atoms with Gasteiger partial charge in [0.15, 0.2) is 0 Å². The predicted molar refractivity (Wildman–Crippen MR) is 51.4 cm³/mol. The first kappa shape index (κ1) is 10.4. The summed E-state index contributed by atoms with van der Waals surface area (Å²) in [7, 11) is 0. The van der Waals surface area contributed by atoms with Gasteiger partial charge in [0.25, 0.3) is 0 Å². The lowest BCUT2D eigenvalue weighted by Gasteiger charge is -2.23. The topological polar surface area (TPSA) is 34.1 Å². The molecular weight excluding hydrogens is 164 g/mol. The van der Waals surface area contributed by atoms with Gasteiger partial charge in [-0.15, -0.1) is 0 Å². The van der Waals surface area contributed by atoms with Crippen LogP contribution in [-0.2, 0) is 9.59 Å². The van der Waals surface area contributed by atoms with Gasteiger partial charge >= 0.3 is 0 Å². The molecule has 1 unspecified atom stereocenters. The minimum absolute atomic E-state index is 0.0593. The largest absolute Gasteiger partial charge is 0.299 e. The Balaban J connectivity index is 2.30. The van der Waals surface area contributed by atoms with E-state index in [4.69, 9.17) is 0 Å². The standard InChI is InChI=1S/C11H18O2/c1-3-8(2)10(12)7-11(13)9-5-4-6-9/h8-9H,3-7H2,1-2H3. The van der Waals surface area contributed by atoms with Crippen LogP contribution < -0.4 is 0 Å². The summed E-state index contributed by atoms with van der Waals surface area (Å²) in [5.74, 6) is 0.577. The molecule has 1 fully saturated rings. The molecule has 1 saturated carbocycles. The lowest BCUT2D eigenvalue weighted by molar-refractivity contribution is -0.132. The molecule has 0 saturated heterocycles. The van der Waals surface area contributed by atoms with E-state index < -0.39 is 0 Å². The van der Waals surface area contributed by atoms with Crippen LogP contribution in [0.15, 0.2) is 0 Å². The van der Waals surface area contributed by atoms with Gasteiger partial charge in [0, 0.05) is 11.8 Å². The number of carbonyl (C=O) groups excluding carboxylic acids is 2. The Morgan fingerprint density at radius 3 is 2.38 bits per heavy atom. The average Bonchev–Trinajstić information content (AvgIpc) is 1.99. The molecule has 0 heterocycles. The van der Waals surface area contributed by atoms with Gasteiger partial charge in [-0.2, -0.15) is 0 Å². The number of ketones is 2. The first-order valence-corrected chi connectivity index (χ1v) is 5.20. The second-order valence-electron chi connectivity index (χ2n) is 4.05. The molecule has 1 aliphatic rings. The van der Waals surface area contributed by atoms with Crippen LogP contribution in [0.4, 0.5) is 0 Å². The molecule has 13 heavy (non-hydrogen) atoms. The first-order valence-electron chi connectivity index (χ1n) is 5.20. The minimum atomic E-state index is 0.0593. The molecule has 2 heteroatoms. The monoisotopic (exact) mass is 182 g/mol. The number of Topliss-reactive ketones (excluding diaryl/α,β-unsaturated/α-hetero) is 2. The van der Waals surface area contributed by atoms with Crippen LogP contribution in [0.3, 0.4) is 0 Å². The Morgan fingerprint density at radius 2 is 2.00 bits per heavy atom. The average molecular weight is 182 g/mol. The van der Waals surface area contributed by atoms with Crippen molar-refractivity contribution in [2.75, 3.05) is 0 Å². The van der Waals surface area contributed by atoms with Crippen molar-refractivity contribution in [2.45, 2.75) is 46.0 Å². The number of hydrogen-bond donors (Lipinski definition) is 0. The Labute approximate surface area is 79.7 Å². The van der Waals surface area contributed by atoms with E-state index in [0.717, 1.165) is 25.7 Å². The maximum absolute atomic E-state index is 11.4. The fourth-order valence-corrected chi connectivity index (χ4v) is 1.45. The Kier molecular flexibility index (Phi) is 3.64. The van der Waals surface area contributed by atoms with Crippen LogP contribution in [-0.4, -0.2) is 11.6 Å². The van der Waals surface area contributed by atoms with E-state index in [1.165, 1.54) is 0 Å². The van der Waals surface area contributed by atoms with E-state index >= 15 is 0 Å². The molecule has 0 aliphatic heterocycles. The van der Waals surface area contributed by atoms with Crippen LogP contribution >= 0.6 is 0 Å². The van der Waals surface area contributed by atoms with Crippen molar-refractivity contribution in [2.24, 2.45) is 11.8 Å². The lowest BCUT2D eigenvalue weighted by atomic mass is 9.80. The summed E-state index contributed by atoms with van der Waals surface area (Å²) in [5.41, 5.74) is 0. The van der Waals surface area contributed by atoms with Crippen LogP contribution in [0.1, 0.15) is 46.0 Å². The summed E-state index contributed by atoms with van der Waals surface area (Å²) in [4.78, 5) is 22.8. The zero-order valence-corrected chi connectivity index (χ0v) is 8.51. The van der Waals surface area contributed by atoms with Crippen molar-refractivity contribution in [1.82, 2.24) is 0 Å². The highest BCUT2D eigenvalue weighted by Crippen LogP contribution is 2.28. The SMILES string of the molecule is CCC(C)C(=O)CC(=O)C1CCC1. The molecule has 0 amide bonds. The van der Waals surface area contributed by atoms with Gasteiger partial charge in [-0.1, -0.05) is 20.3 Å². The fraction of sp³-hybridized carbons (Fsp3) is 0.818. The lowest BCUT2D eigenvalue weighted by Crippen LogP contribution is -2.25. The number of hydrogen-bond acceptors (Lipinski definition) is 2. The summed E-state index contributed by atoms with van der Waals surface area (Å²) in [5, 5.41) is 0. The van der Waals surface area contributed by atoms with Gasteiger partial charge in [-0.3, -0.25) is 9.59 Å². The van der Waals surface area contributed by atoms with Gasteiger partial charge < -0.3 is 0 Å². The van der Waals surface area contributed by atoms with Crippen LogP contribution in [0.5, 0.6) is 0 Å². The Bertz CT molecular complexity index is 189. The van der Waals surface area contributed by atoms with Crippen molar-refractivity contribution in [3.63, 3.8) is 0 Å². The molecule has 0 aromatic heterocycles. The molecule has 0 bridgehead atoms. The van der Waals surface area contributed by atoms with E-state index in [1.807, 2.05) is 13.8 Å². The third-order valence-electron chi connectivity index (χ3n) is 3.07. The first-order chi connectivity index (χ1) is 6.15. The van der Waals surface area contributed by atoms with E-state index in [1.54, 1.807) is 0 Å². The molecular formula is C11H18O2. The smallest absolute Gasteiger partial charge is 0.143 e. The summed E-state index contributed by atoms with van der Waals surface area (Å²) >= 11 is 0. The Hall–Kier alpha value is -0.660. The van der Waals surface area contributed by atoms with E-state index in [9.17, 15) is 9.59 Å². The normalized spacial score (nSPS) is 19.2. The van der Waals surface area contributed by atoms with Gasteiger partial charge in [0.1, 0.15) is 11.6 Å². The van der Waals surface area contributed by atoms with Crippen LogP contribution in [0, 0.1) is 11.8 Å². The molecule has 1 aliphatic carbocycles. The molecule has 0 aromatic carbocycles. The van der Waals surface area contributed by atoms with Gasteiger partial charge in [-0.25, -0.2) is 0 Å². The summed E-state index contributed by atoms with van der Waals surface area (Å²) in [6, 6.07) is 0. The predicted octanol–water partition coefficient (Wildman–Crippen LogP) is 2.36. The molecule has 0 spiro atoms. The molecule has 74 valence electrons. The Morgan fingerprint density at radius 1 is 1.38 bits per heavy atom. The molecule has 1 rings (SSSR count). The molecule has 1 atom stereocenters. The molecule has 2 nitrogen and oxygen atoms in total. The van der Waals surface area contributed by atoms with E-state index in [2.05, 4.69) is 0 Å². The molecule has 0 radical (unpaired) electrons. The zero-order chi connectivity index (χ0) is 9.84. The summed E-state index contributed by atoms with van der Waals surface area (Å²) in [6.45, 7) is 3.88. The number of carbonyl (C=O) groups is 2. The quantitative estimate of drug-likeness (QED) is 0.612. The van der Waals surface area contributed by atoms with Crippen molar-refractivity contribution in [1.29, 1.82) is 0 Å². The van der Waals surface area contributed by atoms with Gasteiger partial charge in [-0.05, 0) is 19.3 Å². The molecule has 0 aromatic rings. The highest BCUT2D eigenvalue weighted by molar-refractivity contribution is 6.01. The summed E-state index contributed by atoms with van der Waals surface area (Å²) < 4.78 is 0. The zero-order valence-electron chi connectivity index (χ0n) is 8.51.